The Morgan fingerprint density at radius 1 is 1.08 bits per heavy atom. The number of thiazole rings is 1. The van der Waals surface area contributed by atoms with E-state index in [1.807, 2.05) is 18.2 Å². The highest BCUT2D eigenvalue weighted by Gasteiger charge is 2.20. The van der Waals surface area contributed by atoms with Crippen molar-refractivity contribution < 1.29 is 9.90 Å². The molecule has 1 fully saturated rings. The number of rotatable bonds is 7. The number of amides is 1. The fourth-order valence-electron chi connectivity index (χ4n) is 4.65. The van der Waals surface area contributed by atoms with Gasteiger partial charge in [0, 0.05) is 54.9 Å². The largest absolute Gasteiger partial charge is 0.506 e. The number of benzene rings is 3. The van der Waals surface area contributed by atoms with E-state index >= 15 is 0 Å². The molecule has 200 valence electrons. The molecule has 0 atom stereocenters. The van der Waals surface area contributed by atoms with Crippen LogP contribution in [-0.2, 0) is 6.54 Å². The van der Waals surface area contributed by atoms with Gasteiger partial charge in [-0.05, 0) is 60.9 Å². The summed E-state index contributed by atoms with van der Waals surface area (Å²) in [4.78, 5) is 22.1. The highest BCUT2D eigenvalue weighted by molar-refractivity contribution is 7.13. The molecule has 0 saturated carbocycles. The molecular weight excluding hydrogens is 530 g/mol. The maximum absolute atomic E-state index is 12.3. The first-order chi connectivity index (χ1) is 18.9. The van der Waals surface area contributed by atoms with Gasteiger partial charge in [-0.2, -0.15) is 5.10 Å². The third-order valence-electron chi connectivity index (χ3n) is 6.84. The number of halogens is 1. The molecular formula is C30H30ClN5O2S. The molecule has 1 aliphatic heterocycles. The molecule has 7 nitrogen and oxygen atoms in total. The van der Waals surface area contributed by atoms with Crippen molar-refractivity contribution in [1.29, 1.82) is 0 Å². The number of aromatic nitrogens is 1. The van der Waals surface area contributed by atoms with Gasteiger partial charge in [-0.3, -0.25) is 9.69 Å². The Balaban J connectivity index is 1.16. The minimum absolute atomic E-state index is 0.0683. The lowest BCUT2D eigenvalue weighted by Crippen LogP contribution is -2.46. The molecule has 5 rings (SSSR count). The van der Waals surface area contributed by atoms with Crippen molar-refractivity contribution in [2.75, 3.05) is 31.1 Å². The summed E-state index contributed by atoms with van der Waals surface area (Å²) in [6, 6.07) is 18.9. The number of phenols is 1. The Morgan fingerprint density at radius 2 is 1.85 bits per heavy atom. The van der Waals surface area contributed by atoms with Gasteiger partial charge >= 0.3 is 0 Å². The van der Waals surface area contributed by atoms with E-state index in [1.165, 1.54) is 35.0 Å². The van der Waals surface area contributed by atoms with Gasteiger partial charge in [-0.1, -0.05) is 41.9 Å². The van der Waals surface area contributed by atoms with Crippen molar-refractivity contribution in [2.24, 2.45) is 5.10 Å². The summed E-state index contributed by atoms with van der Waals surface area (Å²) in [6.07, 6.45) is 1.65. The maximum Gasteiger partial charge on any atom is 0.271 e. The fraction of sp³-hybridized carbons (Fsp3) is 0.233. The molecule has 1 aliphatic rings. The number of hydrogen-bond donors (Lipinski definition) is 2. The number of anilines is 1. The van der Waals surface area contributed by atoms with Gasteiger partial charge in [-0.25, -0.2) is 10.4 Å². The number of nitrogens with one attached hydrogen (secondary N) is 1. The number of aromatic hydroxyl groups is 1. The monoisotopic (exact) mass is 559 g/mol. The van der Waals surface area contributed by atoms with E-state index in [9.17, 15) is 9.90 Å². The second-order valence-corrected chi connectivity index (χ2v) is 10.9. The molecule has 1 amide bonds. The van der Waals surface area contributed by atoms with Gasteiger partial charge < -0.3 is 10.0 Å². The van der Waals surface area contributed by atoms with Crippen LogP contribution >= 0.6 is 22.9 Å². The van der Waals surface area contributed by atoms with E-state index < -0.39 is 5.91 Å². The van der Waals surface area contributed by atoms with Crippen LogP contribution in [-0.4, -0.2) is 53.3 Å². The number of piperazine rings is 1. The molecule has 0 aliphatic carbocycles. The van der Waals surface area contributed by atoms with Crippen LogP contribution in [0.15, 0.2) is 71.1 Å². The number of nitrogens with zero attached hydrogens (tertiary/aromatic N) is 4. The summed E-state index contributed by atoms with van der Waals surface area (Å²) < 4.78 is 0. The lowest BCUT2D eigenvalue weighted by atomic mass is 10.0. The van der Waals surface area contributed by atoms with Crippen molar-refractivity contribution in [3.05, 3.63) is 99.0 Å². The first-order valence-electron chi connectivity index (χ1n) is 12.8. The lowest BCUT2D eigenvalue weighted by molar-refractivity contribution is 0.0955. The summed E-state index contributed by atoms with van der Waals surface area (Å²) >= 11 is 7.60. The summed E-state index contributed by atoms with van der Waals surface area (Å²) in [5, 5.41) is 17.0. The van der Waals surface area contributed by atoms with E-state index in [-0.39, 0.29) is 10.8 Å². The van der Waals surface area contributed by atoms with Crippen molar-refractivity contribution in [3.8, 4) is 16.3 Å². The van der Waals surface area contributed by atoms with Crippen molar-refractivity contribution in [2.45, 2.75) is 20.4 Å². The van der Waals surface area contributed by atoms with Gasteiger partial charge in [-0.15, -0.1) is 11.3 Å². The average Bonchev–Trinajstić information content (AvgIpc) is 3.41. The minimum atomic E-state index is -0.397. The second kappa shape index (κ2) is 12.0. The fourth-order valence-corrected chi connectivity index (χ4v) is 5.64. The van der Waals surface area contributed by atoms with E-state index in [4.69, 9.17) is 16.6 Å². The van der Waals surface area contributed by atoms with Gasteiger partial charge in [0.05, 0.1) is 16.9 Å². The number of aryl methyl sites for hydroxylation is 2. The normalized spacial score (nSPS) is 14.2. The topological polar surface area (TPSA) is 81.1 Å². The predicted octanol–water partition coefficient (Wildman–Crippen LogP) is 5.87. The quantitative estimate of drug-likeness (QED) is 0.218. The van der Waals surface area contributed by atoms with Crippen molar-refractivity contribution in [1.82, 2.24) is 15.3 Å². The van der Waals surface area contributed by atoms with Crippen molar-refractivity contribution in [3.63, 3.8) is 0 Å². The number of carbonyl (C=O) groups is 1. The standard InChI is InChI=1S/C30H30ClN5O2S/c1-20-15-27(21(2)14-24(20)17-32-34-29(38)23-8-9-28(37)26(31)16-23)36-12-10-35(11-13-36)18-25-19-39-30(33-25)22-6-4-3-5-7-22/h3-9,14-17,19,37H,10-13,18H2,1-2H3,(H,34,38)/b32-17+. The van der Waals surface area contributed by atoms with E-state index in [1.54, 1.807) is 17.6 Å². The summed E-state index contributed by atoms with van der Waals surface area (Å²) in [5.74, 6) is -0.466. The van der Waals surface area contributed by atoms with Gasteiger partial charge in [0.1, 0.15) is 10.8 Å². The first kappa shape index (κ1) is 26.9. The third kappa shape index (κ3) is 6.47. The van der Waals surface area contributed by atoms with Crippen LogP contribution in [0.2, 0.25) is 5.02 Å². The van der Waals surface area contributed by atoms with E-state index in [0.717, 1.165) is 54.6 Å². The van der Waals surface area contributed by atoms with Gasteiger partial charge in [0.2, 0.25) is 0 Å². The van der Waals surface area contributed by atoms with E-state index in [0.29, 0.717) is 5.56 Å². The molecule has 4 aromatic rings. The van der Waals surface area contributed by atoms with Crippen LogP contribution in [0.4, 0.5) is 5.69 Å². The predicted molar refractivity (Wildman–Crippen MR) is 159 cm³/mol. The van der Waals surface area contributed by atoms with Crippen LogP contribution in [0.25, 0.3) is 10.6 Å². The minimum Gasteiger partial charge on any atom is -0.506 e. The van der Waals surface area contributed by atoms with Gasteiger partial charge in [0.25, 0.3) is 5.91 Å². The lowest BCUT2D eigenvalue weighted by Gasteiger charge is -2.36. The molecule has 0 spiro atoms. The summed E-state index contributed by atoms with van der Waals surface area (Å²) in [6.45, 7) is 8.89. The molecule has 9 heteroatoms. The van der Waals surface area contributed by atoms with Gasteiger partial charge in [0.15, 0.2) is 0 Å². The molecule has 2 N–H and O–H groups in total. The Hall–Kier alpha value is -3.72. The summed E-state index contributed by atoms with van der Waals surface area (Å²) in [7, 11) is 0. The van der Waals surface area contributed by atoms with Crippen molar-refractivity contribution >= 4 is 40.7 Å². The maximum atomic E-state index is 12.3. The number of phenolic OH excluding ortho intramolecular Hbond substituents is 1. The van der Waals surface area contributed by atoms with Crippen LogP contribution in [0, 0.1) is 13.8 Å². The van der Waals surface area contributed by atoms with Crippen LogP contribution in [0.1, 0.15) is 32.7 Å². The van der Waals surface area contributed by atoms with Crippen LogP contribution < -0.4 is 10.3 Å². The first-order valence-corrected chi connectivity index (χ1v) is 14.0. The molecule has 0 unspecified atom stereocenters. The molecule has 1 saturated heterocycles. The Bertz CT molecular complexity index is 1500. The molecule has 0 radical (unpaired) electrons. The highest BCUT2D eigenvalue weighted by Crippen LogP contribution is 2.27. The summed E-state index contributed by atoms with van der Waals surface area (Å²) in [5.41, 5.74) is 9.56. The average molecular weight is 560 g/mol. The van der Waals surface area contributed by atoms with Crippen LogP contribution in [0.3, 0.4) is 0 Å². The smallest absolute Gasteiger partial charge is 0.271 e. The molecule has 2 heterocycles. The SMILES string of the molecule is Cc1cc(N2CCN(Cc3csc(-c4ccccc4)n3)CC2)c(C)cc1/C=N/NC(=O)c1ccc(O)c(Cl)c1. The Morgan fingerprint density at radius 3 is 2.59 bits per heavy atom. The zero-order valence-corrected chi connectivity index (χ0v) is 23.5. The molecule has 39 heavy (non-hydrogen) atoms. The second-order valence-electron chi connectivity index (χ2n) is 9.63. The number of hydrazone groups is 1. The zero-order valence-electron chi connectivity index (χ0n) is 21.9. The molecule has 3 aromatic carbocycles. The van der Waals surface area contributed by atoms with E-state index in [2.05, 4.69) is 63.8 Å². The van der Waals surface area contributed by atoms with Crippen LogP contribution in [0.5, 0.6) is 5.75 Å². The Kier molecular flexibility index (Phi) is 8.26. The number of carbonyl (C=O) groups excluding carboxylic acids is 1. The number of hydrogen-bond acceptors (Lipinski definition) is 7. The highest BCUT2D eigenvalue weighted by atomic mass is 35.5. The third-order valence-corrected chi connectivity index (χ3v) is 8.08. The Labute approximate surface area is 237 Å². The molecule has 1 aromatic heterocycles. The molecule has 0 bridgehead atoms. The zero-order chi connectivity index (χ0) is 27.4.